The maximum atomic E-state index is 14.2. The zero-order valence-corrected chi connectivity index (χ0v) is 25.7. The van der Waals surface area contributed by atoms with Crippen LogP contribution < -0.4 is 9.62 Å². The van der Waals surface area contributed by atoms with E-state index in [1.165, 1.54) is 23.1 Å². The van der Waals surface area contributed by atoms with Gasteiger partial charge in [0.05, 0.1) is 17.0 Å². The van der Waals surface area contributed by atoms with Crippen LogP contribution in [0.25, 0.3) is 0 Å². The van der Waals surface area contributed by atoms with Crippen LogP contribution in [0.2, 0.25) is 15.1 Å². The summed E-state index contributed by atoms with van der Waals surface area (Å²) in [7, 11) is -3.95. The number of amides is 2. The standard InChI is InChI=1S/C30H32Cl3N3O4S/c1-41(39,40)36(27-16-15-23(31)18-26(27)33)20-29(37)35(19-22-11-5-8-14-25(22)32)28(17-21-9-3-2-4-10-21)30(38)34-24-12-6-7-13-24/h2-5,8-11,14-16,18,24,28H,6-7,12-13,17,19-20H2,1H3,(H,34,38)/t28-/m1/s1. The molecule has 11 heteroatoms. The van der Waals surface area contributed by atoms with E-state index in [9.17, 15) is 18.0 Å². The molecule has 0 saturated heterocycles. The number of carbonyl (C=O) groups is 2. The first kappa shape index (κ1) is 31.2. The quantitative estimate of drug-likeness (QED) is 0.275. The summed E-state index contributed by atoms with van der Waals surface area (Å²) >= 11 is 18.9. The number of anilines is 1. The molecule has 41 heavy (non-hydrogen) atoms. The largest absolute Gasteiger partial charge is 0.352 e. The zero-order chi connectivity index (χ0) is 29.6. The molecule has 1 fully saturated rings. The van der Waals surface area contributed by atoms with Gasteiger partial charge in [-0.25, -0.2) is 8.42 Å². The summed E-state index contributed by atoms with van der Waals surface area (Å²) in [5.41, 5.74) is 1.60. The van der Waals surface area contributed by atoms with Crippen LogP contribution in [0.5, 0.6) is 0 Å². The summed E-state index contributed by atoms with van der Waals surface area (Å²) in [4.78, 5) is 29.4. The monoisotopic (exact) mass is 635 g/mol. The number of sulfonamides is 1. The summed E-state index contributed by atoms with van der Waals surface area (Å²) in [5.74, 6) is -0.875. The average Bonchev–Trinajstić information content (AvgIpc) is 3.43. The molecule has 0 aromatic heterocycles. The number of benzene rings is 3. The van der Waals surface area contributed by atoms with Gasteiger partial charge >= 0.3 is 0 Å². The molecular formula is C30H32Cl3N3O4S. The predicted octanol–water partition coefficient (Wildman–Crippen LogP) is 6.11. The molecule has 3 aromatic carbocycles. The molecule has 0 spiro atoms. The number of carbonyl (C=O) groups excluding carboxylic acids is 2. The third kappa shape index (κ3) is 8.38. The van der Waals surface area contributed by atoms with Crippen LogP contribution in [0.4, 0.5) is 5.69 Å². The van der Waals surface area contributed by atoms with E-state index in [1.807, 2.05) is 30.3 Å². The van der Waals surface area contributed by atoms with Crippen LogP contribution >= 0.6 is 34.8 Å². The van der Waals surface area contributed by atoms with Gasteiger partial charge in [0.25, 0.3) is 0 Å². The Bertz CT molecular complexity index is 1480. The van der Waals surface area contributed by atoms with Crippen molar-refractivity contribution in [3.05, 3.63) is 99.0 Å². The highest BCUT2D eigenvalue weighted by Crippen LogP contribution is 2.31. The first-order valence-corrected chi connectivity index (χ1v) is 16.3. The first-order valence-electron chi connectivity index (χ1n) is 13.3. The number of nitrogens with zero attached hydrogens (tertiary/aromatic N) is 2. The predicted molar refractivity (Wildman–Crippen MR) is 165 cm³/mol. The van der Waals surface area contributed by atoms with Crippen LogP contribution in [0.1, 0.15) is 36.8 Å². The molecule has 0 bridgehead atoms. The molecule has 2 amide bonds. The number of hydrogen-bond donors (Lipinski definition) is 1. The Balaban J connectivity index is 1.75. The fourth-order valence-electron chi connectivity index (χ4n) is 5.01. The molecule has 3 aromatic rings. The van der Waals surface area contributed by atoms with E-state index < -0.39 is 28.5 Å². The molecule has 1 aliphatic rings. The van der Waals surface area contributed by atoms with E-state index in [0.29, 0.717) is 15.6 Å². The van der Waals surface area contributed by atoms with E-state index in [1.54, 1.807) is 24.3 Å². The van der Waals surface area contributed by atoms with Crippen LogP contribution in [0.3, 0.4) is 0 Å². The lowest BCUT2D eigenvalue weighted by molar-refractivity contribution is -0.140. The van der Waals surface area contributed by atoms with E-state index in [4.69, 9.17) is 34.8 Å². The van der Waals surface area contributed by atoms with E-state index in [2.05, 4.69) is 5.32 Å². The second-order valence-corrected chi connectivity index (χ2v) is 13.3. The summed E-state index contributed by atoms with van der Waals surface area (Å²) in [6.45, 7) is -0.577. The van der Waals surface area contributed by atoms with Crippen LogP contribution in [0.15, 0.2) is 72.8 Å². The van der Waals surface area contributed by atoms with Gasteiger partial charge in [-0.15, -0.1) is 0 Å². The van der Waals surface area contributed by atoms with Crippen molar-refractivity contribution >= 4 is 62.3 Å². The van der Waals surface area contributed by atoms with Gasteiger partial charge in [0, 0.05) is 29.1 Å². The smallest absolute Gasteiger partial charge is 0.244 e. The summed E-state index contributed by atoms with van der Waals surface area (Å²) < 4.78 is 26.8. The fraction of sp³-hybridized carbons (Fsp3) is 0.333. The third-order valence-electron chi connectivity index (χ3n) is 7.13. The summed E-state index contributed by atoms with van der Waals surface area (Å²) in [6, 6.07) is 19.9. The lowest BCUT2D eigenvalue weighted by Gasteiger charge is -2.34. The van der Waals surface area contributed by atoms with E-state index >= 15 is 0 Å². The van der Waals surface area contributed by atoms with Crippen molar-refractivity contribution in [2.75, 3.05) is 17.1 Å². The Morgan fingerprint density at radius 2 is 1.59 bits per heavy atom. The Labute approximate surface area is 256 Å². The van der Waals surface area contributed by atoms with E-state index in [0.717, 1.165) is 41.8 Å². The molecule has 0 heterocycles. The van der Waals surface area contributed by atoms with Crippen molar-refractivity contribution in [2.45, 2.75) is 50.7 Å². The zero-order valence-electron chi connectivity index (χ0n) is 22.6. The minimum Gasteiger partial charge on any atom is -0.352 e. The van der Waals surface area contributed by atoms with Crippen molar-refractivity contribution in [1.82, 2.24) is 10.2 Å². The normalized spacial score (nSPS) is 14.4. The molecule has 4 rings (SSSR count). The SMILES string of the molecule is CS(=O)(=O)N(CC(=O)N(Cc1ccccc1Cl)[C@H](Cc1ccccc1)C(=O)NC1CCCC1)c1ccc(Cl)cc1Cl. The number of nitrogens with one attached hydrogen (secondary N) is 1. The van der Waals surface area contributed by atoms with Gasteiger partial charge < -0.3 is 10.2 Å². The van der Waals surface area contributed by atoms with Crippen molar-refractivity contribution in [1.29, 1.82) is 0 Å². The lowest BCUT2D eigenvalue weighted by atomic mass is 10.0. The van der Waals surface area contributed by atoms with Crippen molar-refractivity contribution in [3.8, 4) is 0 Å². The average molecular weight is 637 g/mol. The lowest BCUT2D eigenvalue weighted by Crippen LogP contribution is -2.54. The second kappa shape index (κ2) is 13.9. The maximum absolute atomic E-state index is 14.2. The van der Waals surface area contributed by atoms with Gasteiger partial charge in [-0.1, -0.05) is 96.2 Å². The highest BCUT2D eigenvalue weighted by molar-refractivity contribution is 7.92. The molecule has 1 atom stereocenters. The van der Waals surface area contributed by atoms with Crippen molar-refractivity contribution in [3.63, 3.8) is 0 Å². The summed E-state index contributed by atoms with van der Waals surface area (Å²) in [6.07, 6.45) is 5.04. The highest BCUT2D eigenvalue weighted by Gasteiger charge is 2.35. The molecular weight excluding hydrogens is 605 g/mol. The number of halogens is 3. The molecule has 1 N–H and O–H groups in total. The third-order valence-corrected chi connectivity index (χ3v) is 9.16. The van der Waals surface area contributed by atoms with Gasteiger partial charge in [0.1, 0.15) is 12.6 Å². The number of hydrogen-bond acceptors (Lipinski definition) is 4. The van der Waals surface area contributed by atoms with Crippen LogP contribution in [-0.4, -0.2) is 50.0 Å². The molecule has 218 valence electrons. The molecule has 1 saturated carbocycles. The molecule has 7 nitrogen and oxygen atoms in total. The highest BCUT2D eigenvalue weighted by atomic mass is 35.5. The fourth-order valence-corrected chi connectivity index (χ4v) is 6.63. The van der Waals surface area contributed by atoms with Gasteiger partial charge in [-0.2, -0.15) is 0 Å². The Morgan fingerprint density at radius 3 is 2.22 bits per heavy atom. The minimum atomic E-state index is -3.95. The first-order chi connectivity index (χ1) is 19.5. The topological polar surface area (TPSA) is 86.8 Å². The Morgan fingerprint density at radius 1 is 0.927 bits per heavy atom. The van der Waals surface area contributed by atoms with Gasteiger partial charge in [-0.05, 0) is 48.2 Å². The van der Waals surface area contributed by atoms with Crippen LogP contribution in [0, 0.1) is 0 Å². The van der Waals surface area contributed by atoms with Crippen LogP contribution in [-0.2, 0) is 32.6 Å². The van der Waals surface area contributed by atoms with Gasteiger partial charge in [-0.3, -0.25) is 13.9 Å². The van der Waals surface area contributed by atoms with Gasteiger partial charge in [0.2, 0.25) is 21.8 Å². The molecule has 0 radical (unpaired) electrons. The minimum absolute atomic E-state index is 0.0000451. The molecule has 0 aliphatic heterocycles. The Hall–Kier alpha value is -2.78. The van der Waals surface area contributed by atoms with Crippen molar-refractivity contribution < 1.29 is 18.0 Å². The molecule has 1 aliphatic carbocycles. The molecule has 0 unspecified atom stereocenters. The van der Waals surface area contributed by atoms with Gasteiger partial charge in [0.15, 0.2) is 0 Å². The summed E-state index contributed by atoms with van der Waals surface area (Å²) in [5, 5.41) is 3.96. The number of rotatable bonds is 11. The second-order valence-electron chi connectivity index (χ2n) is 10.2. The Kier molecular flexibility index (Phi) is 10.6. The van der Waals surface area contributed by atoms with Crippen molar-refractivity contribution in [2.24, 2.45) is 0 Å². The maximum Gasteiger partial charge on any atom is 0.244 e. The van der Waals surface area contributed by atoms with E-state index in [-0.39, 0.29) is 35.6 Å².